The van der Waals surface area contributed by atoms with Gasteiger partial charge in [-0.3, -0.25) is 0 Å². The van der Waals surface area contributed by atoms with Crippen LogP contribution >= 0.6 is 15.9 Å². The smallest absolute Gasteiger partial charge is 0.132 e. The van der Waals surface area contributed by atoms with E-state index < -0.39 is 0 Å². The molecule has 2 heterocycles. The van der Waals surface area contributed by atoms with Crippen LogP contribution in [0.15, 0.2) is 47.2 Å². The minimum absolute atomic E-state index is 0.214. The van der Waals surface area contributed by atoms with E-state index in [0.29, 0.717) is 6.42 Å². The number of hydrogen-bond acceptors (Lipinski definition) is 1. The summed E-state index contributed by atoms with van der Waals surface area (Å²) in [5.41, 5.74) is 3.27. The van der Waals surface area contributed by atoms with E-state index in [2.05, 4.69) is 44.5 Å². The van der Waals surface area contributed by atoms with Crippen molar-refractivity contribution in [1.29, 1.82) is 0 Å². The van der Waals surface area contributed by atoms with Gasteiger partial charge < -0.3 is 4.40 Å². The molecule has 0 fully saturated rings. The molecule has 0 amide bonds. The van der Waals surface area contributed by atoms with Gasteiger partial charge in [0.25, 0.3) is 0 Å². The Balaban J connectivity index is 2.05. The van der Waals surface area contributed by atoms with Crippen LogP contribution < -0.4 is 0 Å². The molecule has 0 unspecified atom stereocenters. The number of nitrogens with zero attached hydrogens (tertiary/aromatic N) is 2. The Morgan fingerprint density at radius 1 is 1.16 bits per heavy atom. The minimum atomic E-state index is -0.214. The summed E-state index contributed by atoms with van der Waals surface area (Å²) in [4.78, 5) is 4.53. The third-order valence-corrected chi connectivity index (χ3v) is 3.67. The molecule has 0 aliphatic heterocycles. The van der Waals surface area contributed by atoms with Crippen LogP contribution in [0.25, 0.3) is 5.52 Å². The highest BCUT2D eigenvalue weighted by Crippen LogP contribution is 2.21. The number of halogens is 2. The van der Waals surface area contributed by atoms with Gasteiger partial charge >= 0.3 is 0 Å². The molecule has 0 aliphatic rings. The molecule has 0 aliphatic carbocycles. The van der Waals surface area contributed by atoms with E-state index in [1.54, 1.807) is 12.1 Å². The lowest BCUT2D eigenvalue weighted by atomic mass is 10.1. The van der Waals surface area contributed by atoms with Gasteiger partial charge in [0.15, 0.2) is 0 Å². The van der Waals surface area contributed by atoms with Gasteiger partial charge in [0.05, 0.1) is 5.52 Å². The van der Waals surface area contributed by atoms with E-state index in [9.17, 15) is 4.39 Å². The zero-order chi connectivity index (χ0) is 13.4. The molecule has 0 spiro atoms. The van der Waals surface area contributed by atoms with E-state index in [4.69, 9.17) is 0 Å². The SMILES string of the molecule is Cc1ccc2c(Br)nc(Cc3ccc(F)cc3)n2c1. The van der Waals surface area contributed by atoms with Gasteiger partial charge in [0.1, 0.15) is 16.2 Å². The van der Waals surface area contributed by atoms with Crippen molar-refractivity contribution < 1.29 is 4.39 Å². The summed E-state index contributed by atoms with van der Waals surface area (Å²) in [5.74, 6) is 0.728. The number of aryl methyl sites for hydroxylation is 1. The topological polar surface area (TPSA) is 17.3 Å². The highest BCUT2D eigenvalue weighted by atomic mass is 79.9. The summed E-state index contributed by atoms with van der Waals surface area (Å²) in [6, 6.07) is 10.6. The zero-order valence-electron chi connectivity index (χ0n) is 10.4. The van der Waals surface area contributed by atoms with Crippen molar-refractivity contribution in [2.75, 3.05) is 0 Å². The Bertz CT molecular complexity index is 732. The predicted octanol–water partition coefficient (Wildman–Crippen LogP) is 4.14. The van der Waals surface area contributed by atoms with Gasteiger partial charge in [0.2, 0.25) is 0 Å². The van der Waals surface area contributed by atoms with Gasteiger partial charge in [-0.05, 0) is 52.2 Å². The molecule has 4 heteroatoms. The van der Waals surface area contributed by atoms with Crippen LogP contribution in [0.5, 0.6) is 0 Å². The summed E-state index contributed by atoms with van der Waals surface area (Å²) in [6.07, 6.45) is 2.74. The van der Waals surface area contributed by atoms with E-state index in [1.807, 2.05) is 6.07 Å². The van der Waals surface area contributed by atoms with Crippen molar-refractivity contribution in [2.24, 2.45) is 0 Å². The quantitative estimate of drug-likeness (QED) is 0.694. The Morgan fingerprint density at radius 2 is 1.89 bits per heavy atom. The summed E-state index contributed by atoms with van der Waals surface area (Å²) < 4.78 is 15.8. The van der Waals surface area contributed by atoms with E-state index in [1.165, 1.54) is 17.7 Å². The largest absolute Gasteiger partial charge is 0.302 e. The van der Waals surface area contributed by atoms with Gasteiger partial charge in [0, 0.05) is 12.6 Å². The molecule has 3 rings (SSSR count). The number of rotatable bonds is 2. The van der Waals surface area contributed by atoms with Crippen LogP contribution in [0.2, 0.25) is 0 Å². The highest BCUT2D eigenvalue weighted by Gasteiger charge is 2.09. The lowest BCUT2D eigenvalue weighted by Gasteiger charge is -2.03. The Hall–Kier alpha value is -1.68. The van der Waals surface area contributed by atoms with Gasteiger partial charge in [-0.25, -0.2) is 9.37 Å². The first-order valence-electron chi connectivity index (χ1n) is 6.01. The van der Waals surface area contributed by atoms with E-state index >= 15 is 0 Å². The molecule has 0 radical (unpaired) electrons. The molecule has 0 bridgehead atoms. The van der Waals surface area contributed by atoms with Crippen LogP contribution in [0, 0.1) is 12.7 Å². The maximum atomic E-state index is 12.9. The maximum Gasteiger partial charge on any atom is 0.132 e. The van der Waals surface area contributed by atoms with Crippen molar-refractivity contribution in [3.8, 4) is 0 Å². The molecule has 2 nitrogen and oxygen atoms in total. The van der Waals surface area contributed by atoms with Gasteiger partial charge in [-0.2, -0.15) is 0 Å². The van der Waals surface area contributed by atoms with Crippen molar-refractivity contribution >= 4 is 21.4 Å². The normalized spacial score (nSPS) is 11.1. The van der Waals surface area contributed by atoms with Crippen molar-refractivity contribution in [1.82, 2.24) is 9.38 Å². The first-order chi connectivity index (χ1) is 9.13. The molecular formula is C15H12BrFN2. The van der Waals surface area contributed by atoms with Crippen molar-refractivity contribution in [2.45, 2.75) is 13.3 Å². The fraction of sp³-hybridized carbons (Fsp3) is 0.133. The van der Waals surface area contributed by atoms with Crippen molar-refractivity contribution in [3.63, 3.8) is 0 Å². The highest BCUT2D eigenvalue weighted by molar-refractivity contribution is 9.10. The second-order valence-corrected chi connectivity index (χ2v) is 5.33. The Kier molecular flexibility index (Phi) is 3.11. The molecular weight excluding hydrogens is 307 g/mol. The second kappa shape index (κ2) is 4.78. The van der Waals surface area contributed by atoms with E-state index in [-0.39, 0.29) is 5.82 Å². The number of imidazole rings is 1. The van der Waals surface area contributed by atoms with E-state index in [0.717, 1.165) is 21.5 Å². The fourth-order valence-electron chi connectivity index (χ4n) is 2.12. The molecule has 2 aromatic heterocycles. The molecule has 96 valence electrons. The summed E-state index contributed by atoms with van der Waals surface area (Å²) in [5, 5.41) is 0. The predicted molar refractivity (Wildman–Crippen MR) is 76.8 cm³/mol. The second-order valence-electron chi connectivity index (χ2n) is 4.58. The van der Waals surface area contributed by atoms with Crippen LogP contribution in [0.3, 0.4) is 0 Å². The first-order valence-corrected chi connectivity index (χ1v) is 6.80. The molecule has 0 saturated heterocycles. The number of fused-ring (bicyclic) bond motifs is 1. The summed E-state index contributed by atoms with van der Waals surface area (Å²) in [6.45, 7) is 2.05. The average Bonchev–Trinajstić information content (AvgIpc) is 2.69. The van der Waals surface area contributed by atoms with Crippen molar-refractivity contribution in [3.05, 3.63) is 70.0 Å². The van der Waals surface area contributed by atoms with Crippen LogP contribution in [-0.4, -0.2) is 9.38 Å². The number of pyridine rings is 1. The summed E-state index contributed by atoms with van der Waals surface area (Å²) in [7, 11) is 0. The minimum Gasteiger partial charge on any atom is -0.302 e. The molecule has 19 heavy (non-hydrogen) atoms. The third-order valence-electron chi connectivity index (χ3n) is 3.09. The average molecular weight is 319 g/mol. The van der Waals surface area contributed by atoms with Crippen LogP contribution in [0.4, 0.5) is 4.39 Å². The van der Waals surface area contributed by atoms with Gasteiger partial charge in [-0.15, -0.1) is 0 Å². The third kappa shape index (κ3) is 2.40. The van der Waals surface area contributed by atoms with Gasteiger partial charge in [-0.1, -0.05) is 18.2 Å². The monoisotopic (exact) mass is 318 g/mol. The van der Waals surface area contributed by atoms with Crippen LogP contribution in [0.1, 0.15) is 17.0 Å². The number of benzene rings is 1. The first kappa shape index (κ1) is 12.4. The Morgan fingerprint density at radius 3 is 2.63 bits per heavy atom. The molecule has 0 N–H and O–H groups in total. The number of aromatic nitrogens is 2. The maximum absolute atomic E-state index is 12.9. The van der Waals surface area contributed by atoms with Crippen LogP contribution in [-0.2, 0) is 6.42 Å². The fourth-order valence-corrected chi connectivity index (χ4v) is 2.65. The standard InChI is InChI=1S/C15H12BrFN2/c1-10-2-7-13-15(16)18-14(19(13)9-10)8-11-3-5-12(17)6-4-11/h2-7,9H,8H2,1H3. The lowest BCUT2D eigenvalue weighted by molar-refractivity contribution is 0.627. The molecule has 1 aromatic carbocycles. The number of hydrogen-bond donors (Lipinski definition) is 0. The Labute approximate surface area is 119 Å². The summed E-state index contributed by atoms with van der Waals surface area (Å²) >= 11 is 3.48. The molecule has 0 saturated carbocycles. The lowest BCUT2D eigenvalue weighted by Crippen LogP contribution is -1.97. The zero-order valence-corrected chi connectivity index (χ0v) is 12.0. The molecule has 3 aromatic rings. The molecule has 0 atom stereocenters.